The number of anilines is 1. The molecule has 9 heteroatoms. The van der Waals surface area contributed by atoms with Gasteiger partial charge in [-0.15, -0.1) is 0 Å². The van der Waals surface area contributed by atoms with Gasteiger partial charge >= 0.3 is 0 Å². The highest BCUT2D eigenvalue weighted by molar-refractivity contribution is 7.92. The molecular weight excluding hydrogens is 316 g/mol. The van der Waals surface area contributed by atoms with Gasteiger partial charge in [-0.1, -0.05) is 0 Å². The molecule has 1 fully saturated rings. The minimum atomic E-state index is -3.84. The van der Waals surface area contributed by atoms with Crippen LogP contribution < -0.4 is 10.5 Å². The number of hydrogen-bond donors (Lipinski definition) is 1. The summed E-state index contributed by atoms with van der Waals surface area (Å²) in [6, 6.07) is 3.70. The normalized spacial score (nSPS) is 21.6. The maximum Gasteiger partial charge on any atom is 0.246 e. The standard InChI is InChI=1S/C12H18N2O5S2/c1-14(10-5-6-20(15,16)8-10)21(17,18)12-4-3-9(13)7-11(12)19-2/h3-4,7,10H,5-6,8,13H2,1-2H3. The summed E-state index contributed by atoms with van der Waals surface area (Å²) < 4.78 is 54.5. The van der Waals surface area contributed by atoms with Gasteiger partial charge in [0.25, 0.3) is 0 Å². The predicted molar refractivity (Wildman–Crippen MR) is 79.4 cm³/mol. The molecule has 1 aliphatic rings. The quantitative estimate of drug-likeness (QED) is 0.782. The fraction of sp³-hybridized carbons (Fsp3) is 0.500. The van der Waals surface area contributed by atoms with Crippen molar-refractivity contribution in [3.8, 4) is 5.75 Å². The van der Waals surface area contributed by atoms with Crippen LogP contribution in [0.4, 0.5) is 5.69 Å². The maximum atomic E-state index is 12.6. The van der Waals surface area contributed by atoms with Crippen molar-refractivity contribution < 1.29 is 21.6 Å². The van der Waals surface area contributed by atoms with Crippen LogP contribution in [0, 0.1) is 0 Å². The molecule has 21 heavy (non-hydrogen) atoms. The van der Waals surface area contributed by atoms with Crippen LogP contribution in [0.15, 0.2) is 23.1 Å². The molecule has 0 aliphatic carbocycles. The smallest absolute Gasteiger partial charge is 0.246 e. The number of nitrogen functional groups attached to an aromatic ring is 1. The van der Waals surface area contributed by atoms with Gasteiger partial charge in [0.05, 0.1) is 18.6 Å². The van der Waals surface area contributed by atoms with Crippen molar-refractivity contribution >= 4 is 25.5 Å². The Kier molecular flexibility index (Phi) is 4.18. The van der Waals surface area contributed by atoms with Crippen LogP contribution in [0.1, 0.15) is 6.42 Å². The molecule has 0 bridgehead atoms. The maximum absolute atomic E-state index is 12.6. The van der Waals surface area contributed by atoms with Crippen molar-refractivity contribution in [2.24, 2.45) is 0 Å². The highest BCUT2D eigenvalue weighted by Gasteiger charge is 2.37. The van der Waals surface area contributed by atoms with Crippen molar-refractivity contribution in [3.05, 3.63) is 18.2 Å². The molecule has 0 spiro atoms. The molecular formula is C12H18N2O5S2. The van der Waals surface area contributed by atoms with Gasteiger partial charge in [0.1, 0.15) is 10.6 Å². The molecule has 0 amide bonds. The minimum absolute atomic E-state index is 0.0103. The molecule has 1 atom stereocenters. The lowest BCUT2D eigenvalue weighted by Crippen LogP contribution is -2.37. The molecule has 0 saturated carbocycles. The third-order valence-electron chi connectivity index (χ3n) is 3.57. The first kappa shape index (κ1) is 16.1. The summed E-state index contributed by atoms with van der Waals surface area (Å²) in [5, 5.41) is 0. The number of nitrogens with zero attached hydrogens (tertiary/aromatic N) is 1. The number of hydrogen-bond acceptors (Lipinski definition) is 6. The number of sulfonamides is 1. The lowest BCUT2D eigenvalue weighted by Gasteiger charge is -2.23. The van der Waals surface area contributed by atoms with Crippen LogP contribution in [0.25, 0.3) is 0 Å². The van der Waals surface area contributed by atoms with E-state index in [2.05, 4.69) is 0 Å². The number of methoxy groups -OCH3 is 1. The van der Waals surface area contributed by atoms with Gasteiger partial charge in [-0.05, 0) is 18.6 Å². The van der Waals surface area contributed by atoms with Crippen LogP contribution >= 0.6 is 0 Å². The van der Waals surface area contributed by atoms with Gasteiger partial charge in [-0.25, -0.2) is 16.8 Å². The van der Waals surface area contributed by atoms with Gasteiger partial charge in [-0.2, -0.15) is 4.31 Å². The highest BCUT2D eigenvalue weighted by Crippen LogP contribution is 2.30. The fourth-order valence-corrected chi connectivity index (χ4v) is 5.70. The topological polar surface area (TPSA) is 107 Å². The van der Waals surface area contributed by atoms with Crippen LogP contribution in [0.2, 0.25) is 0 Å². The van der Waals surface area contributed by atoms with E-state index in [0.29, 0.717) is 12.1 Å². The van der Waals surface area contributed by atoms with Crippen LogP contribution in [-0.2, 0) is 19.9 Å². The Morgan fingerprint density at radius 2 is 2.05 bits per heavy atom. The molecule has 1 aliphatic heterocycles. The molecule has 1 unspecified atom stereocenters. The monoisotopic (exact) mass is 334 g/mol. The summed E-state index contributed by atoms with van der Waals surface area (Å²) in [6.07, 6.45) is 0.301. The van der Waals surface area contributed by atoms with Crippen LogP contribution in [0.3, 0.4) is 0 Å². The summed E-state index contributed by atoms with van der Waals surface area (Å²) in [5.74, 6) is -0.00105. The van der Waals surface area contributed by atoms with Crippen LogP contribution in [0.5, 0.6) is 5.75 Å². The second-order valence-corrected chi connectivity index (χ2v) is 9.18. The third-order valence-corrected chi connectivity index (χ3v) is 7.27. The number of rotatable bonds is 4. The zero-order valence-corrected chi connectivity index (χ0v) is 13.4. The first-order chi connectivity index (χ1) is 9.67. The predicted octanol–water partition coefficient (Wildman–Crippen LogP) is 0.0850. The zero-order valence-electron chi connectivity index (χ0n) is 11.8. The van der Waals surface area contributed by atoms with Crippen molar-refractivity contribution in [1.29, 1.82) is 0 Å². The van der Waals surface area contributed by atoms with Gasteiger partial charge in [0, 0.05) is 24.8 Å². The van der Waals surface area contributed by atoms with Crippen molar-refractivity contribution in [2.75, 3.05) is 31.4 Å². The molecule has 0 aromatic heterocycles. The number of sulfone groups is 1. The summed E-state index contributed by atoms with van der Waals surface area (Å²) in [4.78, 5) is -0.0222. The molecule has 1 aromatic rings. The lowest BCUT2D eigenvalue weighted by molar-refractivity contribution is 0.380. The molecule has 1 aromatic carbocycles. The van der Waals surface area contributed by atoms with E-state index >= 15 is 0 Å². The Balaban J connectivity index is 2.38. The number of ether oxygens (including phenoxy) is 1. The van der Waals surface area contributed by atoms with E-state index in [0.717, 1.165) is 4.31 Å². The van der Waals surface area contributed by atoms with E-state index in [1.54, 1.807) is 0 Å². The minimum Gasteiger partial charge on any atom is -0.495 e. The van der Waals surface area contributed by atoms with E-state index in [1.807, 2.05) is 0 Å². The average molecular weight is 334 g/mol. The Bertz CT molecular complexity index is 743. The van der Waals surface area contributed by atoms with E-state index < -0.39 is 25.9 Å². The van der Waals surface area contributed by atoms with E-state index in [4.69, 9.17) is 10.5 Å². The first-order valence-corrected chi connectivity index (χ1v) is 9.55. The van der Waals surface area contributed by atoms with E-state index in [1.165, 1.54) is 32.4 Å². The first-order valence-electron chi connectivity index (χ1n) is 6.29. The summed E-state index contributed by atoms with van der Waals surface area (Å²) in [7, 11) is -4.27. The Morgan fingerprint density at radius 1 is 1.38 bits per heavy atom. The van der Waals surface area contributed by atoms with Gasteiger partial charge in [0.15, 0.2) is 9.84 Å². The second kappa shape index (κ2) is 5.47. The molecule has 7 nitrogen and oxygen atoms in total. The largest absolute Gasteiger partial charge is 0.495 e. The molecule has 2 N–H and O–H groups in total. The lowest BCUT2D eigenvalue weighted by atomic mass is 10.3. The van der Waals surface area contributed by atoms with Crippen molar-refractivity contribution in [3.63, 3.8) is 0 Å². The molecule has 2 rings (SSSR count). The Labute approximate surface area is 124 Å². The van der Waals surface area contributed by atoms with Gasteiger partial charge < -0.3 is 10.5 Å². The van der Waals surface area contributed by atoms with Crippen molar-refractivity contribution in [2.45, 2.75) is 17.4 Å². The van der Waals surface area contributed by atoms with Gasteiger partial charge in [-0.3, -0.25) is 0 Å². The Morgan fingerprint density at radius 3 is 2.57 bits per heavy atom. The third kappa shape index (κ3) is 3.14. The highest BCUT2D eigenvalue weighted by atomic mass is 32.2. The number of benzene rings is 1. The summed E-state index contributed by atoms with van der Waals surface area (Å²) >= 11 is 0. The van der Waals surface area contributed by atoms with Gasteiger partial charge in [0.2, 0.25) is 10.0 Å². The van der Waals surface area contributed by atoms with E-state index in [9.17, 15) is 16.8 Å². The van der Waals surface area contributed by atoms with Crippen LogP contribution in [-0.4, -0.2) is 52.8 Å². The SMILES string of the molecule is COc1cc(N)ccc1S(=O)(=O)N(C)C1CCS(=O)(=O)C1. The fourth-order valence-electron chi connectivity index (χ4n) is 2.31. The van der Waals surface area contributed by atoms with E-state index in [-0.39, 0.29) is 22.2 Å². The Hall–Kier alpha value is -1.32. The summed E-state index contributed by atoms with van der Waals surface area (Å²) in [5.41, 5.74) is 6.00. The number of nitrogens with two attached hydrogens (primary N) is 1. The van der Waals surface area contributed by atoms with Crippen molar-refractivity contribution in [1.82, 2.24) is 4.31 Å². The molecule has 1 saturated heterocycles. The average Bonchev–Trinajstić information content (AvgIpc) is 2.77. The zero-order chi connectivity index (χ0) is 15.8. The molecule has 1 heterocycles. The molecule has 0 radical (unpaired) electrons. The second-order valence-electron chi connectivity index (χ2n) is 4.99. The summed E-state index contributed by atoms with van der Waals surface area (Å²) in [6.45, 7) is 0. The molecule has 118 valence electrons.